The van der Waals surface area contributed by atoms with Crippen molar-refractivity contribution < 1.29 is 90.4 Å². The molecular weight excluding hydrogens is 901 g/mol. The molecule has 0 spiro atoms. The lowest BCUT2D eigenvalue weighted by Gasteiger charge is -2.32. The minimum Gasteiger partial charge on any atom is -0.478 e. The van der Waals surface area contributed by atoms with Gasteiger partial charge in [0.25, 0.3) is 0 Å². The first kappa shape index (κ1) is 84.6. The lowest BCUT2D eigenvalue weighted by molar-refractivity contribution is -0.132. The average Bonchev–Trinajstić information content (AvgIpc) is 3.34. The Morgan fingerprint density at radius 3 is 0.464 bits per heavy atom. The second-order valence-electron chi connectivity index (χ2n) is 16.3. The van der Waals surface area contributed by atoms with Crippen LogP contribution < -0.4 is 0 Å². The van der Waals surface area contributed by atoms with Gasteiger partial charge in [-0.15, -0.1) is 0 Å². The van der Waals surface area contributed by atoms with Crippen molar-refractivity contribution in [2.75, 3.05) is 26.4 Å². The molecule has 0 fully saturated rings. The topological polar surface area (TPSA) is 348 Å². The molecule has 4 unspecified atom stereocenters. The number of rotatable bonds is 25. The predicted molar refractivity (Wildman–Crippen MR) is 275 cm³/mol. The Hall–Kier alpha value is -4.27. The van der Waals surface area contributed by atoms with Gasteiger partial charge in [-0.3, -0.25) is 0 Å². The van der Waals surface area contributed by atoms with Crippen LogP contribution in [-0.2, 0) is 24.0 Å². The Labute approximate surface area is 415 Å². The molecule has 0 aromatic carbocycles. The van der Waals surface area contributed by atoms with Gasteiger partial charge in [0, 0.05) is 56.8 Å². The van der Waals surface area contributed by atoms with Gasteiger partial charge >= 0.3 is 29.8 Å². The molecule has 0 aliphatic rings. The van der Waals surface area contributed by atoms with Gasteiger partial charge in [-0.2, -0.15) is 0 Å². The van der Waals surface area contributed by atoms with E-state index in [1.807, 2.05) is 0 Å². The fourth-order valence-corrected chi connectivity index (χ4v) is 4.77. The molecule has 0 aromatic rings. The number of carboxylic acid groups (broad SMARTS) is 5. The van der Waals surface area contributed by atoms with E-state index in [1.165, 1.54) is 0 Å². The molecule has 13 N–H and O–H groups in total. The van der Waals surface area contributed by atoms with E-state index in [2.05, 4.69) is 116 Å². The number of hydrogen-bond acceptors (Lipinski definition) is 13. The van der Waals surface area contributed by atoms with E-state index in [9.17, 15) is 44.4 Å². The first-order valence-corrected chi connectivity index (χ1v) is 23.2. The summed E-state index contributed by atoms with van der Waals surface area (Å²) in [6, 6.07) is 0. The zero-order valence-corrected chi connectivity index (χ0v) is 44.4. The van der Waals surface area contributed by atoms with Crippen LogP contribution in [-0.4, -0.2) is 147 Å². The SMILES string of the molecule is C=CC(=O)O.C=CC(=O)O.C=CC(=O)O.C=CC(=O)O.C=CC(=O)O.CCC(C)(CC)C(O)CCO.CCC(C)(CC)C(O)CCO.CCC(C)(CC)C(O)CCO.CCC(C)(CC)C(O)CCO. The van der Waals surface area contributed by atoms with E-state index in [0.717, 1.165) is 81.7 Å². The van der Waals surface area contributed by atoms with Crippen molar-refractivity contribution in [3.63, 3.8) is 0 Å². The minimum absolute atomic E-state index is 0.0112. The van der Waals surface area contributed by atoms with Crippen molar-refractivity contribution in [1.82, 2.24) is 0 Å². The van der Waals surface area contributed by atoms with Crippen LogP contribution in [0.4, 0.5) is 0 Å². The third-order valence-corrected chi connectivity index (χ3v) is 12.2. The first-order chi connectivity index (χ1) is 31.8. The first-order valence-electron chi connectivity index (χ1n) is 23.2. The Balaban J connectivity index is -0.0000000859. The number of aliphatic carboxylic acids is 5. The van der Waals surface area contributed by atoms with Gasteiger partial charge in [0.1, 0.15) is 0 Å². The third-order valence-electron chi connectivity index (χ3n) is 12.2. The largest absolute Gasteiger partial charge is 0.478 e. The van der Waals surface area contributed by atoms with Crippen LogP contribution >= 0.6 is 0 Å². The fourth-order valence-electron chi connectivity index (χ4n) is 4.77. The summed E-state index contributed by atoms with van der Waals surface area (Å²) < 4.78 is 0. The number of carbonyl (C=O) groups is 5. The molecule has 0 radical (unpaired) electrons. The Bertz CT molecular complexity index is 1080. The number of carboxylic acids is 5. The maximum absolute atomic E-state index is 9.61. The van der Waals surface area contributed by atoms with Crippen molar-refractivity contribution >= 4 is 29.8 Å². The summed E-state index contributed by atoms with van der Waals surface area (Å²) in [5, 5.41) is 111. The van der Waals surface area contributed by atoms with E-state index < -0.39 is 29.8 Å². The van der Waals surface area contributed by atoms with Gasteiger partial charge in [-0.05, 0) is 98.7 Å². The highest BCUT2D eigenvalue weighted by atomic mass is 16.4. The second kappa shape index (κ2) is 54.7. The molecule has 0 saturated carbocycles. The van der Waals surface area contributed by atoms with E-state index in [0.29, 0.717) is 25.7 Å². The highest BCUT2D eigenvalue weighted by Crippen LogP contribution is 2.33. The summed E-state index contributed by atoms with van der Waals surface area (Å²) in [5.74, 6) is -4.91. The molecule has 18 heteroatoms. The van der Waals surface area contributed by atoms with Crippen molar-refractivity contribution in [3.8, 4) is 0 Å². The molecule has 69 heavy (non-hydrogen) atoms. The van der Waals surface area contributed by atoms with Crippen molar-refractivity contribution in [1.29, 1.82) is 0 Å². The smallest absolute Gasteiger partial charge is 0.327 e. The number of aliphatic hydroxyl groups is 8. The summed E-state index contributed by atoms with van der Waals surface area (Å²) in [6.07, 6.45) is 12.4. The molecule has 0 aliphatic carbocycles. The molecular formula is C51H100O18. The van der Waals surface area contributed by atoms with Gasteiger partial charge in [-0.1, -0.05) is 116 Å². The van der Waals surface area contributed by atoms with Crippen molar-refractivity contribution in [3.05, 3.63) is 63.3 Å². The molecule has 4 atom stereocenters. The molecule has 0 bridgehead atoms. The summed E-state index contributed by atoms with van der Waals surface area (Å²) >= 11 is 0. The summed E-state index contributed by atoms with van der Waals surface area (Å²) in [4.78, 5) is 46.2. The minimum atomic E-state index is -0.981. The van der Waals surface area contributed by atoms with E-state index in [1.54, 1.807) is 0 Å². The Kier molecular flexibility index (Phi) is 67.1. The van der Waals surface area contributed by atoms with E-state index in [-0.39, 0.29) is 72.5 Å². The van der Waals surface area contributed by atoms with Crippen LogP contribution in [0.3, 0.4) is 0 Å². The summed E-state index contributed by atoms with van der Waals surface area (Å²) in [5.41, 5.74) is -0.0447. The monoisotopic (exact) mass is 1000 g/mol. The van der Waals surface area contributed by atoms with Crippen molar-refractivity contribution in [2.24, 2.45) is 21.7 Å². The van der Waals surface area contributed by atoms with E-state index >= 15 is 0 Å². The van der Waals surface area contributed by atoms with Gasteiger partial charge in [-0.25, -0.2) is 24.0 Å². The van der Waals surface area contributed by atoms with Gasteiger partial charge in [0.2, 0.25) is 0 Å². The third kappa shape index (κ3) is 56.2. The second-order valence-corrected chi connectivity index (χ2v) is 16.3. The quantitative estimate of drug-likeness (QED) is 0.0393. The predicted octanol–water partition coefficient (Wildman–Crippen LogP) is 7.51. The van der Waals surface area contributed by atoms with Gasteiger partial charge in [0.05, 0.1) is 24.4 Å². The van der Waals surface area contributed by atoms with Crippen LogP contribution in [0.25, 0.3) is 0 Å². The highest BCUT2D eigenvalue weighted by molar-refractivity contribution is 5.80. The maximum Gasteiger partial charge on any atom is 0.327 e. The van der Waals surface area contributed by atoms with E-state index in [4.69, 9.17) is 46.0 Å². The average molecular weight is 1000 g/mol. The fraction of sp³-hybridized carbons (Fsp3) is 0.706. The van der Waals surface area contributed by atoms with Crippen LogP contribution in [0.2, 0.25) is 0 Å². The lowest BCUT2D eigenvalue weighted by atomic mass is 9.78. The van der Waals surface area contributed by atoms with Crippen LogP contribution in [0.5, 0.6) is 0 Å². The van der Waals surface area contributed by atoms with Crippen molar-refractivity contribution in [2.45, 2.75) is 185 Å². The molecule has 0 amide bonds. The Morgan fingerprint density at radius 1 is 0.333 bits per heavy atom. The molecule has 0 saturated heterocycles. The maximum atomic E-state index is 9.61. The molecule has 0 aromatic heterocycles. The zero-order chi connectivity index (χ0) is 57.0. The highest BCUT2D eigenvalue weighted by Gasteiger charge is 2.30. The zero-order valence-electron chi connectivity index (χ0n) is 44.4. The van der Waals surface area contributed by atoms with Gasteiger partial charge < -0.3 is 66.4 Å². The number of aliphatic hydroxyl groups excluding tert-OH is 8. The van der Waals surface area contributed by atoms with Crippen LogP contribution in [0, 0.1) is 21.7 Å². The summed E-state index contributed by atoms with van der Waals surface area (Å²) in [6.45, 7) is 40.0. The lowest BCUT2D eigenvalue weighted by Crippen LogP contribution is -2.31. The van der Waals surface area contributed by atoms with Crippen LogP contribution in [0.1, 0.15) is 160 Å². The normalized spacial score (nSPS) is 11.9. The molecule has 0 rings (SSSR count). The molecule has 412 valence electrons. The van der Waals surface area contributed by atoms with Crippen LogP contribution in [0.15, 0.2) is 63.3 Å². The Morgan fingerprint density at radius 2 is 0.420 bits per heavy atom. The molecule has 0 aliphatic heterocycles. The molecule has 0 heterocycles. The standard InChI is InChI=1S/4C9H20O2.5C3H4O2/c4*1-4-9(3,5-2)8(11)6-7-10;5*1-2-3(4)5/h4*8,10-11H,4-7H2,1-3H3;5*2H,1H2,(H,4,5). The summed E-state index contributed by atoms with van der Waals surface area (Å²) in [7, 11) is 0. The number of hydrogen-bond donors (Lipinski definition) is 13. The van der Waals surface area contributed by atoms with Gasteiger partial charge in [0.15, 0.2) is 0 Å². The molecule has 18 nitrogen and oxygen atoms in total.